The fourth-order valence-electron chi connectivity index (χ4n) is 1.65. The van der Waals surface area contributed by atoms with Gasteiger partial charge in [0, 0.05) is 0 Å². The van der Waals surface area contributed by atoms with E-state index in [0.29, 0.717) is 6.42 Å². The van der Waals surface area contributed by atoms with Gasteiger partial charge in [-0.3, -0.25) is 0 Å². The van der Waals surface area contributed by atoms with E-state index in [2.05, 4.69) is 11.9 Å². The minimum Gasteiger partial charge on any atom is -0.467 e. The third kappa shape index (κ3) is 9.42. The van der Waals surface area contributed by atoms with Crippen LogP contribution >= 0.6 is 0 Å². The van der Waals surface area contributed by atoms with E-state index < -0.39 is 23.7 Å². The second-order valence-corrected chi connectivity index (χ2v) is 5.65. The SMILES string of the molecule is C=CCCCCCC(NC(=O)OC(C)(C)C)C(=O)OC. The molecule has 1 unspecified atom stereocenters. The van der Waals surface area contributed by atoms with Crippen molar-refractivity contribution < 1.29 is 19.1 Å². The van der Waals surface area contributed by atoms with E-state index in [9.17, 15) is 9.59 Å². The number of methoxy groups -OCH3 is 1. The molecule has 0 aliphatic carbocycles. The second kappa shape index (κ2) is 9.39. The van der Waals surface area contributed by atoms with Gasteiger partial charge >= 0.3 is 12.1 Å². The number of amides is 1. The molecule has 0 rings (SSSR count). The molecule has 0 saturated heterocycles. The maximum absolute atomic E-state index is 11.7. The zero-order valence-electron chi connectivity index (χ0n) is 13.0. The first-order valence-electron chi connectivity index (χ1n) is 6.98. The van der Waals surface area contributed by atoms with E-state index >= 15 is 0 Å². The molecule has 0 aliphatic heterocycles. The number of carbonyl (C=O) groups is 2. The molecule has 0 aliphatic rings. The van der Waals surface area contributed by atoms with Crippen LogP contribution < -0.4 is 5.32 Å². The molecule has 0 heterocycles. The highest BCUT2D eigenvalue weighted by molar-refractivity contribution is 5.81. The molecule has 5 nitrogen and oxygen atoms in total. The van der Waals surface area contributed by atoms with Crippen molar-refractivity contribution in [2.24, 2.45) is 0 Å². The minimum absolute atomic E-state index is 0.445. The lowest BCUT2D eigenvalue weighted by Gasteiger charge is -2.22. The van der Waals surface area contributed by atoms with Crippen molar-refractivity contribution in [3.05, 3.63) is 12.7 Å². The van der Waals surface area contributed by atoms with Crippen molar-refractivity contribution >= 4 is 12.1 Å². The van der Waals surface area contributed by atoms with Gasteiger partial charge in [-0.25, -0.2) is 9.59 Å². The van der Waals surface area contributed by atoms with Gasteiger partial charge in [-0.15, -0.1) is 6.58 Å². The number of ether oxygens (including phenoxy) is 2. The predicted molar refractivity (Wildman–Crippen MR) is 78.5 cm³/mol. The first kappa shape index (κ1) is 18.5. The summed E-state index contributed by atoms with van der Waals surface area (Å²) >= 11 is 0. The number of carbonyl (C=O) groups excluding carboxylic acids is 2. The van der Waals surface area contributed by atoms with Gasteiger partial charge in [0.2, 0.25) is 0 Å². The Morgan fingerprint density at radius 3 is 2.40 bits per heavy atom. The molecule has 116 valence electrons. The summed E-state index contributed by atoms with van der Waals surface area (Å²) in [5.74, 6) is -0.445. The Bertz CT molecular complexity index is 320. The maximum atomic E-state index is 11.7. The zero-order valence-corrected chi connectivity index (χ0v) is 13.0. The summed E-state index contributed by atoms with van der Waals surface area (Å²) in [5, 5.41) is 2.56. The fourth-order valence-corrected chi connectivity index (χ4v) is 1.65. The smallest absolute Gasteiger partial charge is 0.408 e. The largest absolute Gasteiger partial charge is 0.467 e. The number of hydrogen-bond donors (Lipinski definition) is 1. The first-order valence-corrected chi connectivity index (χ1v) is 6.98. The van der Waals surface area contributed by atoms with Crippen LogP contribution in [-0.4, -0.2) is 30.8 Å². The summed E-state index contributed by atoms with van der Waals surface area (Å²) in [6.45, 7) is 8.98. The number of unbranched alkanes of at least 4 members (excludes halogenated alkanes) is 3. The monoisotopic (exact) mass is 285 g/mol. The molecular weight excluding hydrogens is 258 g/mol. The van der Waals surface area contributed by atoms with Gasteiger partial charge in [-0.2, -0.15) is 0 Å². The summed E-state index contributed by atoms with van der Waals surface area (Å²) in [6.07, 6.45) is 5.63. The number of alkyl carbamates (subject to hydrolysis) is 1. The van der Waals surface area contributed by atoms with Gasteiger partial charge in [0.05, 0.1) is 7.11 Å². The van der Waals surface area contributed by atoms with Gasteiger partial charge in [-0.05, 0) is 40.0 Å². The third-order valence-electron chi connectivity index (χ3n) is 2.58. The molecule has 0 aromatic rings. The van der Waals surface area contributed by atoms with Crippen molar-refractivity contribution in [2.45, 2.75) is 64.5 Å². The molecule has 0 aromatic heterocycles. The Kier molecular flexibility index (Phi) is 8.68. The summed E-state index contributed by atoms with van der Waals surface area (Å²) in [4.78, 5) is 23.3. The Morgan fingerprint density at radius 1 is 1.25 bits per heavy atom. The lowest BCUT2D eigenvalue weighted by Crippen LogP contribution is -2.44. The van der Waals surface area contributed by atoms with E-state index in [1.807, 2.05) is 6.08 Å². The Labute approximate surface area is 121 Å². The van der Waals surface area contributed by atoms with Gasteiger partial charge in [-0.1, -0.05) is 18.9 Å². The summed E-state index contributed by atoms with van der Waals surface area (Å²) in [6, 6.07) is -0.654. The van der Waals surface area contributed by atoms with Gasteiger partial charge in [0.15, 0.2) is 0 Å². The van der Waals surface area contributed by atoms with Crippen molar-refractivity contribution in [1.29, 1.82) is 0 Å². The molecule has 0 bridgehead atoms. The van der Waals surface area contributed by atoms with E-state index in [0.717, 1.165) is 25.7 Å². The average Bonchev–Trinajstić information content (AvgIpc) is 2.34. The van der Waals surface area contributed by atoms with Crippen molar-refractivity contribution in [1.82, 2.24) is 5.32 Å². The molecule has 1 atom stereocenters. The average molecular weight is 285 g/mol. The van der Waals surface area contributed by atoms with E-state index in [4.69, 9.17) is 9.47 Å². The molecule has 1 amide bonds. The Hall–Kier alpha value is -1.52. The van der Waals surface area contributed by atoms with Gasteiger partial charge < -0.3 is 14.8 Å². The summed E-state index contributed by atoms with van der Waals surface area (Å²) in [7, 11) is 1.31. The molecule has 1 N–H and O–H groups in total. The first-order chi connectivity index (χ1) is 9.30. The van der Waals surface area contributed by atoms with Crippen LogP contribution in [0.25, 0.3) is 0 Å². The molecule has 0 radical (unpaired) electrons. The lowest BCUT2D eigenvalue weighted by molar-refractivity contribution is -0.143. The summed E-state index contributed by atoms with van der Waals surface area (Å²) < 4.78 is 9.83. The van der Waals surface area contributed by atoms with Crippen molar-refractivity contribution in [2.75, 3.05) is 7.11 Å². The van der Waals surface area contributed by atoms with Gasteiger partial charge in [0.1, 0.15) is 11.6 Å². The van der Waals surface area contributed by atoms with E-state index in [-0.39, 0.29) is 0 Å². The highest BCUT2D eigenvalue weighted by Gasteiger charge is 2.24. The van der Waals surface area contributed by atoms with Crippen LogP contribution in [0.3, 0.4) is 0 Å². The van der Waals surface area contributed by atoms with Crippen LogP contribution in [0.15, 0.2) is 12.7 Å². The Balaban J connectivity index is 4.25. The topological polar surface area (TPSA) is 64.6 Å². The van der Waals surface area contributed by atoms with Crippen molar-refractivity contribution in [3.63, 3.8) is 0 Å². The maximum Gasteiger partial charge on any atom is 0.408 e. The third-order valence-corrected chi connectivity index (χ3v) is 2.58. The van der Waals surface area contributed by atoms with Gasteiger partial charge in [0.25, 0.3) is 0 Å². The number of rotatable bonds is 8. The Morgan fingerprint density at radius 2 is 1.90 bits per heavy atom. The van der Waals surface area contributed by atoms with Crippen LogP contribution in [-0.2, 0) is 14.3 Å². The number of esters is 1. The lowest BCUT2D eigenvalue weighted by atomic mass is 10.1. The number of hydrogen-bond acceptors (Lipinski definition) is 4. The number of nitrogens with one attached hydrogen (secondary N) is 1. The summed E-state index contributed by atoms with van der Waals surface area (Å²) in [5.41, 5.74) is -0.589. The van der Waals surface area contributed by atoms with Crippen LogP contribution in [0.5, 0.6) is 0 Å². The quantitative estimate of drug-likeness (QED) is 0.422. The molecule has 0 spiro atoms. The van der Waals surface area contributed by atoms with Crippen molar-refractivity contribution in [3.8, 4) is 0 Å². The molecular formula is C15H27NO4. The molecule has 5 heteroatoms. The predicted octanol–water partition coefficient (Wildman–Crippen LogP) is 3.19. The van der Waals surface area contributed by atoms with E-state index in [1.165, 1.54) is 7.11 Å². The molecule has 0 aromatic carbocycles. The fraction of sp³-hybridized carbons (Fsp3) is 0.733. The molecule has 0 fully saturated rings. The van der Waals surface area contributed by atoms with E-state index in [1.54, 1.807) is 20.8 Å². The van der Waals surface area contributed by atoms with Crippen LogP contribution in [0.4, 0.5) is 4.79 Å². The van der Waals surface area contributed by atoms with Crippen LogP contribution in [0, 0.1) is 0 Å². The normalized spacial score (nSPS) is 12.4. The molecule has 0 saturated carbocycles. The number of allylic oxidation sites excluding steroid dienone is 1. The zero-order chi connectivity index (χ0) is 15.6. The highest BCUT2D eigenvalue weighted by atomic mass is 16.6. The molecule has 20 heavy (non-hydrogen) atoms. The van der Waals surface area contributed by atoms with Crippen LogP contribution in [0.1, 0.15) is 52.9 Å². The second-order valence-electron chi connectivity index (χ2n) is 5.65. The minimum atomic E-state index is -0.654. The standard InChI is InChI=1S/C15H27NO4/c1-6-7-8-9-10-11-12(13(17)19-5)16-14(18)20-15(2,3)4/h6,12H,1,7-11H2,2-5H3,(H,16,18). The van der Waals surface area contributed by atoms with Crippen LogP contribution in [0.2, 0.25) is 0 Å². The highest BCUT2D eigenvalue weighted by Crippen LogP contribution is 2.10.